The number of primary amides is 1. The fourth-order valence-electron chi connectivity index (χ4n) is 2.73. The van der Waals surface area contributed by atoms with Gasteiger partial charge in [-0.1, -0.05) is 12.5 Å². The van der Waals surface area contributed by atoms with Crippen molar-refractivity contribution in [1.29, 1.82) is 0 Å². The molecule has 4 N–H and O–H groups in total. The van der Waals surface area contributed by atoms with E-state index in [0.29, 0.717) is 17.0 Å². The second-order valence-corrected chi connectivity index (χ2v) is 6.12. The van der Waals surface area contributed by atoms with Gasteiger partial charge in [-0.3, -0.25) is 4.79 Å². The molecule has 0 atom stereocenters. The second-order valence-electron chi connectivity index (χ2n) is 6.12. The Morgan fingerprint density at radius 1 is 1.19 bits per heavy atom. The highest BCUT2D eigenvalue weighted by Gasteiger charge is 2.21. The highest BCUT2D eigenvalue weighted by molar-refractivity contribution is 6.00. The van der Waals surface area contributed by atoms with Crippen molar-refractivity contribution in [1.82, 2.24) is 4.98 Å². The van der Waals surface area contributed by atoms with Crippen LogP contribution in [0.4, 0.5) is 5.69 Å². The van der Waals surface area contributed by atoms with Crippen LogP contribution in [0.3, 0.4) is 0 Å². The number of carbonyl (C=O) groups is 1. The zero-order chi connectivity index (χ0) is 20.0. The van der Waals surface area contributed by atoms with E-state index in [0.717, 1.165) is 28.9 Å². The molecule has 1 heterocycles. The third-order valence-electron chi connectivity index (χ3n) is 4.13. The van der Waals surface area contributed by atoms with Crippen molar-refractivity contribution < 1.29 is 14.3 Å². The number of rotatable bonds is 7. The number of carbonyl (C=O) groups excluding carboxylic acids is 1. The minimum atomic E-state index is -0.684. The van der Waals surface area contributed by atoms with Crippen LogP contribution in [0.15, 0.2) is 29.0 Å². The van der Waals surface area contributed by atoms with Crippen molar-refractivity contribution in [2.24, 2.45) is 5.73 Å². The summed E-state index contributed by atoms with van der Waals surface area (Å²) >= 11 is 0. The third-order valence-corrected chi connectivity index (χ3v) is 4.13. The van der Waals surface area contributed by atoms with E-state index in [-0.39, 0.29) is 11.4 Å². The highest BCUT2D eigenvalue weighted by Crippen LogP contribution is 2.35. The quantitative estimate of drug-likeness (QED) is 0.568. The van der Waals surface area contributed by atoms with E-state index in [4.69, 9.17) is 20.9 Å². The molecule has 1 rings (SSSR count). The fourth-order valence-corrected chi connectivity index (χ4v) is 2.73. The number of aromatic nitrogens is 1. The Kier molecular flexibility index (Phi) is 7.43. The molecule has 1 aromatic heterocycles. The smallest absolute Gasteiger partial charge is 0.269 e. The van der Waals surface area contributed by atoms with Crippen LogP contribution in [0, 0.1) is 0 Å². The number of pyridine rings is 1. The zero-order valence-corrected chi connectivity index (χ0v) is 16.7. The number of nitrogens with two attached hydrogens (primary N) is 2. The first kappa shape index (κ1) is 21.3. The summed E-state index contributed by atoms with van der Waals surface area (Å²) in [6, 6.07) is 1.82. The number of hydrogen-bond donors (Lipinski definition) is 2. The molecule has 1 amide bonds. The van der Waals surface area contributed by atoms with E-state index in [1.807, 2.05) is 46.8 Å². The number of nitrogens with zero attached hydrogens (tertiary/aromatic N) is 1. The molecular formula is C20H29N3O3. The van der Waals surface area contributed by atoms with E-state index in [2.05, 4.69) is 4.98 Å². The normalized spacial score (nSPS) is 12.3. The maximum absolute atomic E-state index is 11.9. The molecule has 142 valence electrons. The first-order valence-electron chi connectivity index (χ1n) is 8.43. The van der Waals surface area contributed by atoms with E-state index in [1.165, 1.54) is 0 Å². The molecule has 0 aromatic carbocycles. The standard InChI is InChI=1S/C20H29N3O3/c1-8-9-16(26-7)15-10-14(18(21)19(23-15)20(22)24)17(11(2)3)12(4)13(5)25-6/h9-10H,8,21H2,1-7H3,(H2,22,24)/b13-12+,16-9-. The SMILES string of the molecule is CC/C=C(\OC)c1cc(C(=C(C)C)/C(C)=C(\C)OC)c(N)c(C(N)=O)n1. The molecule has 0 aliphatic carbocycles. The molecule has 0 aliphatic rings. The van der Waals surface area contributed by atoms with Gasteiger partial charge in [-0.2, -0.15) is 0 Å². The summed E-state index contributed by atoms with van der Waals surface area (Å²) in [5, 5.41) is 0. The molecule has 0 saturated heterocycles. The Bertz CT molecular complexity index is 786. The van der Waals surface area contributed by atoms with Gasteiger partial charge in [-0.15, -0.1) is 0 Å². The van der Waals surface area contributed by atoms with E-state index in [9.17, 15) is 4.79 Å². The molecule has 6 heteroatoms. The lowest BCUT2D eigenvalue weighted by Gasteiger charge is -2.19. The van der Waals surface area contributed by atoms with Crippen LogP contribution in [0.5, 0.6) is 0 Å². The fraction of sp³-hybridized carbons (Fsp3) is 0.400. The summed E-state index contributed by atoms with van der Waals surface area (Å²) in [5.74, 6) is 0.640. The summed E-state index contributed by atoms with van der Waals surface area (Å²) in [5.41, 5.74) is 16.1. The molecule has 0 unspecified atom stereocenters. The molecule has 26 heavy (non-hydrogen) atoms. The maximum Gasteiger partial charge on any atom is 0.269 e. The first-order chi connectivity index (χ1) is 12.2. The molecule has 0 fully saturated rings. The number of ether oxygens (including phenoxy) is 2. The van der Waals surface area contributed by atoms with Crippen LogP contribution >= 0.6 is 0 Å². The van der Waals surface area contributed by atoms with Gasteiger partial charge >= 0.3 is 0 Å². The lowest BCUT2D eigenvalue weighted by atomic mass is 9.92. The maximum atomic E-state index is 11.9. The number of nitrogen functional groups attached to an aromatic ring is 1. The van der Waals surface area contributed by atoms with Crippen LogP contribution in [-0.4, -0.2) is 25.1 Å². The second kappa shape index (κ2) is 9.08. The minimum absolute atomic E-state index is 0.0261. The van der Waals surface area contributed by atoms with E-state index in [1.54, 1.807) is 14.2 Å². The topological polar surface area (TPSA) is 100 Å². The van der Waals surface area contributed by atoms with Gasteiger partial charge in [-0.05, 0) is 57.4 Å². The molecule has 0 saturated carbocycles. The van der Waals surface area contributed by atoms with Crippen molar-refractivity contribution in [3.63, 3.8) is 0 Å². The van der Waals surface area contributed by atoms with Gasteiger partial charge < -0.3 is 20.9 Å². The number of methoxy groups -OCH3 is 2. The lowest BCUT2D eigenvalue weighted by Crippen LogP contribution is -2.18. The minimum Gasteiger partial charge on any atom is -0.501 e. The molecule has 0 bridgehead atoms. The van der Waals surface area contributed by atoms with Gasteiger partial charge in [0.05, 0.1) is 25.7 Å². The molecule has 1 aromatic rings. The van der Waals surface area contributed by atoms with Crippen molar-refractivity contribution in [2.45, 2.75) is 41.0 Å². The summed E-state index contributed by atoms with van der Waals surface area (Å²) in [4.78, 5) is 16.2. The van der Waals surface area contributed by atoms with Gasteiger partial charge in [-0.25, -0.2) is 4.98 Å². The van der Waals surface area contributed by atoms with Crippen LogP contribution in [0.2, 0.25) is 0 Å². The van der Waals surface area contributed by atoms with Crippen LogP contribution in [-0.2, 0) is 9.47 Å². The van der Waals surface area contributed by atoms with Gasteiger partial charge in [0, 0.05) is 5.56 Å². The number of allylic oxidation sites excluding steroid dienone is 5. The number of amides is 1. The van der Waals surface area contributed by atoms with Crippen molar-refractivity contribution >= 4 is 22.9 Å². The molecule has 6 nitrogen and oxygen atoms in total. The highest BCUT2D eigenvalue weighted by atomic mass is 16.5. The predicted octanol–water partition coefficient (Wildman–Crippen LogP) is 3.89. The summed E-state index contributed by atoms with van der Waals surface area (Å²) in [6.07, 6.45) is 2.64. The molecular weight excluding hydrogens is 330 g/mol. The molecule has 0 radical (unpaired) electrons. The van der Waals surface area contributed by atoms with Crippen LogP contribution in [0.1, 0.15) is 62.8 Å². The average molecular weight is 359 g/mol. The Morgan fingerprint density at radius 3 is 2.23 bits per heavy atom. The lowest BCUT2D eigenvalue weighted by molar-refractivity contribution is 0.0996. The first-order valence-corrected chi connectivity index (χ1v) is 8.43. The van der Waals surface area contributed by atoms with E-state index >= 15 is 0 Å². The van der Waals surface area contributed by atoms with Gasteiger partial charge in [0.25, 0.3) is 5.91 Å². The third kappa shape index (κ3) is 4.45. The van der Waals surface area contributed by atoms with Crippen LogP contribution < -0.4 is 11.5 Å². The van der Waals surface area contributed by atoms with Crippen molar-refractivity contribution in [3.05, 3.63) is 46.0 Å². The van der Waals surface area contributed by atoms with Crippen LogP contribution in [0.25, 0.3) is 11.3 Å². The zero-order valence-electron chi connectivity index (χ0n) is 16.7. The Morgan fingerprint density at radius 2 is 1.81 bits per heavy atom. The molecule has 0 spiro atoms. The van der Waals surface area contributed by atoms with Gasteiger partial charge in [0.15, 0.2) is 5.69 Å². The summed E-state index contributed by atoms with van der Waals surface area (Å²) < 4.78 is 10.8. The average Bonchev–Trinajstić information content (AvgIpc) is 2.59. The Hall–Kier alpha value is -2.76. The predicted molar refractivity (Wildman–Crippen MR) is 106 cm³/mol. The monoisotopic (exact) mass is 359 g/mol. The summed E-state index contributed by atoms with van der Waals surface area (Å²) in [7, 11) is 3.18. The summed E-state index contributed by atoms with van der Waals surface area (Å²) in [6.45, 7) is 9.77. The van der Waals surface area contributed by atoms with E-state index < -0.39 is 5.91 Å². The van der Waals surface area contributed by atoms with Crippen molar-refractivity contribution in [2.75, 3.05) is 20.0 Å². The largest absolute Gasteiger partial charge is 0.501 e. The Labute approximate surface area is 155 Å². The number of anilines is 1. The van der Waals surface area contributed by atoms with Gasteiger partial charge in [0.1, 0.15) is 11.5 Å². The Balaban J connectivity index is 3.90. The number of hydrogen-bond acceptors (Lipinski definition) is 5. The van der Waals surface area contributed by atoms with Gasteiger partial charge in [0.2, 0.25) is 0 Å². The van der Waals surface area contributed by atoms with Crippen molar-refractivity contribution in [3.8, 4) is 0 Å². The molecule has 0 aliphatic heterocycles.